The van der Waals surface area contributed by atoms with Crippen molar-refractivity contribution in [1.82, 2.24) is 0 Å². The van der Waals surface area contributed by atoms with Crippen LogP contribution in [0.2, 0.25) is 0 Å². The van der Waals surface area contributed by atoms with Crippen LogP contribution in [-0.4, -0.2) is 10.7 Å². The van der Waals surface area contributed by atoms with Crippen LogP contribution in [0.5, 0.6) is 0 Å². The lowest BCUT2D eigenvalue weighted by atomic mass is 9.77. The van der Waals surface area contributed by atoms with Crippen LogP contribution >= 0.6 is 0 Å². The minimum Gasteiger partial charge on any atom is -0.389 e. The van der Waals surface area contributed by atoms with Crippen molar-refractivity contribution in [3.63, 3.8) is 0 Å². The summed E-state index contributed by atoms with van der Waals surface area (Å²) in [6.45, 7) is 2.17. The quantitative estimate of drug-likeness (QED) is 0.685. The summed E-state index contributed by atoms with van der Waals surface area (Å²) in [5, 5.41) is 10.7. The molecule has 0 heterocycles. The Balaban J connectivity index is 2.01. The first-order chi connectivity index (χ1) is 6.77. The lowest BCUT2D eigenvalue weighted by molar-refractivity contribution is -0.0482. The molecule has 2 aliphatic carbocycles. The van der Waals surface area contributed by atoms with E-state index in [9.17, 15) is 5.11 Å². The van der Waals surface area contributed by atoms with Crippen LogP contribution in [0.1, 0.15) is 64.7 Å². The summed E-state index contributed by atoms with van der Waals surface area (Å²) in [6.07, 6.45) is 11.6. The maximum atomic E-state index is 10.7. The Bertz CT molecular complexity index is 178. The topological polar surface area (TPSA) is 20.2 Å². The van der Waals surface area contributed by atoms with E-state index >= 15 is 0 Å². The zero-order chi connectivity index (χ0) is 10.0. The average Bonchev–Trinajstić information content (AvgIpc) is 3.03. The molecule has 0 bridgehead atoms. The molecule has 0 amide bonds. The molecule has 0 spiro atoms. The highest BCUT2D eigenvalue weighted by Crippen LogP contribution is 2.48. The maximum absolute atomic E-state index is 10.7. The van der Waals surface area contributed by atoms with Gasteiger partial charge in [0.05, 0.1) is 5.60 Å². The fourth-order valence-electron chi connectivity index (χ4n) is 3.27. The summed E-state index contributed by atoms with van der Waals surface area (Å²) in [5.41, 5.74) is -0.287. The first kappa shape index (κ1) is 10.5. The summed E-state index contributed by atoms with van der Waals surface area (Å²) < 4.78 is 0. The summed E-state index contributed by atoms with van der Waals surface area (Å²) in [5.74, 6) is 1.26. The highest BCUT2D eigenvalue weighted by atomic mass is 16.3. The first-order valence-electron chi connectivity index (χ1n) is 6.49. The molecule has 1 atom stereocenters. The largest absolute Gasteiger partial charge is 0.389 e. The van der Waals surface area contributed by atoms with Gasteiger partial charge in [-0.3, -0.25) is 0 Å². The Hall–Kier alpha value is -0.0400. The van der Waals surface area contributed by atoms with E-state index in [4.69, 9.17) is 0 Å². The van der Waals surface area contributed by atoms with Crippen LogP contribution in [0.4, 0.5) is 0 Å². The maximum Gasteiger partial charge on any atom is 0.0701 e. The van der Waals surface area contributed by atoms with E-state index in [1.54, 1.807) is 0 Å². The van der Waals surface area contributed by atoms with Crippen LogP contribution in [0.3, 0.4) is 0 Å². The monoisotopic (exact) mass is 196 g/mol. The van der Waals surface area contributed by atoms with Crippen LogP contribution in [0.25, 0.3) is 0 Å². The molecular formula is C13H24O. The van der Waals surface area contributed by atoms with Crippen LogP contribution < -0.4 is 0 Å². The number of rotatable bonds is 3. The molecule has 0 radical (unpaired) electrons. The summed E-state index contributed by atoms with van der Waals surface area (Å²) in [6, 6.07) is 0. The van der Waals surface area contributed by atoms with Crippen molar-refractivity contribution < 1.29 is 5.11 Å². The van der Waals surface area contributed by atoms with Gasteiger partial charge in [-0.05, 0) is 43.9 Å². The molecule has 1 N–H and O–H groups in total. The Morgan fingerprint density at radius 3 is 1.86 bits per heavy atom. The van der Waals surface area contributed by atoms with Gasteiger partial charge in [-0.1, -0.05) is 32.6 Å². The lowest BCUT2D eigenvalue weighted by Crippen LogP contribution is -2.39. The van der Waals surface area contributed by atoms with Crippen molar-refractivity contribution in [2.24, 2.45) is 11.8 Å². The smallest absolute Gasteiger partial charge is 0.0701 e. The zero-order valence-corrected chi connectivity index (χ0v) is 9.47. The second kappa shape index (κ2) is 4.22. The second-order valence-electron chi connectivity index (χ2n) is 5.31. The lowest BCUT2D eigenvalue weighted by Gasteiger charge is -2.35. The van der Waals surface area contributed by atoms with E-state index in [2.05, 4.69) is 6.92 Å². The third-order valence-corrected chi connectivity index (χ3v) is 4.41. The molecule has 0 saturated heterocycles. The summed E-state index contributed by atoms with van der Waals surface area (Å²) >= 11 is 0. The van der Waals surface area contributed by atoms with Gasteiger partial charge >= 0.3 is 0 Å². The minimum atomic E-state index is -0.287. The van der Waals surface area contributed by atoms with Crippen molar-refractivity contribution in [1.29, 1.82) is 0 Å². The van der Waals surface area contributed by atoms with Crippen LogP contribution in [0, 0.1) is 11.8 Å². The van der Waals surface area contributed by atoms with Crippen molar-refractivity contribution in [3.05, 3.63) is 0 Å². The molecule has 1 nitrogen and oxygen atoms in total. The Labute approximate surface area is 87.9 Å². The molecule has 2 aliphatic rings. The molecular weight excluding hydrogens is 172 g/mol. The van der Waals surface area contributed by atoms with Gasteiger partial charge < -0.3 is 5.11 Å². The predicted octanol–water partition coefficient (Wildman–Crippen LogP) is 3.51. The van der Waals surface area contributed by atoms with Crippen molar-refractivity contribution in [2.45, 2.75) is 70.3 Å². The predicted molar refractivity (Wildman–Crippen MR) is 59.2 cm³/mol. The van der Waals surface area contributed by atoms with E-state index in [1.165, 1.54) is 51.4 Å². The van der Waals surface area contributed by atoms with E-state index in [0.717, 1.165) is 6.42 Å². The molecule has 2 fully saturated rings. The third-order valence-electron chi connectivity index (χ3n) is 4.41. The third kappa shape index (κ3) is 1.98. The number of hydrogen-bond donors (Lipinski definition) is 1. The van der Waals surface area contributed by atoms with Gasteiger partial charge in [0.1, 0.15) is 0 Å². The highest BCUT2D eigenvalue weighted by Gasteiger charge is 2.47. The Morgan fingerprint density at radius 1 is 0.929 bits per heavy atom. The standard InChI is InChI=1S/C13H24O/c1-2-13(14,12-9-10-12)11-7-5-3-4-6-8-11/h11-12,14H,2-10H2,1H3. The molecule has 2 rings (SSSR count). The van der Waals surface area contributed by atoms with Gasteiger partial charge in [-0.25, -0.2) is 0 Å². The molecule has 0 aromatic heterocycles. The van der Waals surface area contributed by atoms with Gasteiger partial charge in [0.2, 0.25) is 0 Å². The van der Waals surface area contributed by atoms with Gasteiger partial charge in [0, 0.05) is 0 Å². The molecule has 14 heavy (non-hydrogen) atoms. The van der Waals surface area contributed by atoms with E-state index < -0.39 is 0 Å². The molecule has 0 aliphatic heterocycles. The van der Waals surface area contributed by atoms with Crippen molar-refractivity contribution in [2.75, 3.05) is 0 Å². The Morgan fingerprint density at radius 2 is 1.43 bits per heavy atom. The summed E-state index contributed by atoms with van der Waals surface area (Å²) in [4.78, 5) is 0. The minimum absolute atomic E-state index is 0.287. The second-order valence-corrected chi connectivity index (χ2v) is 5.31. The van der Waals surface area contributed by atoms with Gasteiger partial charge in [-0.15, -0.1) is 0 Å². The molecule has 2 saturated carbocycles. The molecule has 0 aromatic carbocycles. The van der Waals surface area contributed by atoms with Gasteiger partial charge in [0.15, 0.2) is 0 Å². The van der Waals surface area contributed by atoms with E-state index in [0.29, 0.717) is 11.8 Å². The SMILES string of the molecule is CCC(O)(C1CCCCCC1)C1CC1. The summed E-state index contributed by atoms with van der Waals surface area (Å²) in [7, 11) is 0. The van der Waals surface area contributed by atoms with E-state index in [1.807, 2.05) is 0 Å². The Kier molecular flexibility index (Phi) is 3.16. The molecule has 1 heteroatoms. The van der Waals surface area contributed by atoms with E-state index in [-0.39, 0.29) is 5.60 Å². The van der Waals surface area contributed by atoms with Gasteiger partial charge in [-0.2, -0.15) is 0 Å². The van der Waals surface area contributed by atoms with Crippen molar-refractivity contribution >= 4 is 0 Å². The van der Waals surface area contributed by atoms with Crippen molar-refractivity contribution in [3.8, 4) is 0 Å². The molecule has 1 unspecified atom stereocenters. The highest BCUT2D eigenvalue weighted by molar-refractivity contribution is 4.98. The zero-order valence-electron chi connectivity index (χ0n) is 9.47. The van der Waals surface area contributed by atoms with Crippen LogP contribution in [0.15, 0.2) is 0 Å². The first-order valence-corrected chi connectivity index (χ1v) is 6.49. The number of hydrogen-bond acceptors (Lipinski definition) is 1. The van der Waals surface area contributed by atoms with Gasteiger partial charge in [0.25, 0.3) is 0 Å². The fraction of sp³-hybridized carbons (Fsp3) is 1.00. The van der Waals surface area contributed by atoms with Crippen LogP contribution in [-0.2, 0) is 0 Å². The number of aliphatic hydroxyl groups is 1. The fourth-order valence-corrected chi connectivity index (χ4v) is 3.27. The normalized spacial score (nSPS) is 29.6. The molecule has 82 valence electrons. The average molecular weight is 196 g/mol. The molecule has 0 aromatic rings.